The molecular weight excluding hydrogens is 324 g/mol. The van der Waals surface area contributed by atoms with Gasteiger partial charge in [-0.15, -0.1) is 0 Å². The number of halogens is 1. The Labute approximate surface area is 132 Å². The van der Waals surface area contributed by atoms with Crippen LogP contribution in [0.5, 0.6) is 0 Å². The quantitative estimate of drug-likeness (QED) is 0.580. The third-order valence-corrected chi connectivity index (χ3v) is 4.15. The van der Waals surface area contributed by atoms with Gasteiger partial charge < -0.3 is 0 Å². The molecule has 0 aromatic heterocycles. The maximum Gasteiger partial charge on any atom is 0.163 e. The van der Waals surface area contributed by atoms with Gasteiger partial charge in [-0.1, -0.05) is 64.5 Å². The molecule has 0 saturated carbocycles. The Morgan fingerprint density at radius 3 is 2.33 bits per heavy atom. The van der Waals surface area contributed by atoms with Crippen molar-refractivity contribution in [3.8, 4) is 0 Å². The first-order valence-electron chi connectivity index (χ1n) is 6.99. The van der Waals surface area contributed by atoms with Gasteiger partial charge in [-0.05, 0) is 41.0 Å². The first-order chi connectivity index (χ1) is 10.2. The topological polar surface area (TPSA) is 17.1 Å². The lowest BCUT2D eigenvalue weighted by Crippen LogP contribution is -2.01. The molecule has 0 heterocycles. The predicted molar refractivity (Wildman–Crippen MR) is 90.7 cm³/mol. The van der Waals surface area contributed by atoms with E-state index in [0.29, 0.717) is 6.42 Å². The van der Waals surface area contributed by atoms with Gasteiger partial charge in [0, 0.05) is 16.5 Å². The molecule has 0 spiro atoms. The normalized spacial score (nSPS) is 10.7. The molecule has 3 rings (SSSR count). The van der Waals surface area contributed by atoms with Crippen molar-refractivity contribution in [2.75, 3.05) is 0 Å². The third kappa shape index (κ3) is 3.40. The molecule has 104 valence electrons. The van der Waals surface area contributed by atoms with E-state index in [0.717, 1.165) is 21.8 Å². The van der Waals surface area contributed by atoms with Crippen LogP contribution in [0.15, 0.2) is 71.2 Å². The second-order valence-corrected chi connectivity index (χ2v) is 6.03. The Hall–Kier alpha value is -1.93. The van der Waals surface area contributed by atoms with Gasteiger partial charge in [0.2, 0.25) is 0 Å². The summed E-state index contributed by atoms with van der Waals surface area (Å²) in [4.78, 5) is 12.3. The van der Waals surface area contributed by atoms with Crippen molar-refractivity contribution < 1.29 is 4.79 Å². The van der Waals surface area contributed by atoms with Crippen LogP contribution >= 0.6 is 15.9 Å². The second kappa shape index (κ2) is 6.23. The number of fused-ring (bicyclic) bond motifs is 1. The largest absolute Gasteiger partial charge is 0.294 e. The molecule has 1 nitrogen and oxygen atoms in total. The van der Waals surface area contributed by atoms with E-state index in [1.54, 1.807) is 0 Å². The van der Waals surface area contributed by atoms with E-state index in [4.69, 9.17) is 0 Å². The van der Waals surface area contributed by atoms with Gasteiger partial charge in [-0.2, -0.15) is 0 Å². The van der Waals surface area contributed by atoms with Crippen LogP contribution in [0.4, 0.5) is 0 Å². The number of rotatable bonds is 4. The smallest absolute Gasteiger partial charge is 0.163 e. The van der Waals surface area contributed by atoms with Gasteiger partial charge in [0.05, 0.1) is 0 Å². The van der Waals surface area contributed by atoms with Crippen molar-refractivity contribution in [3.63, 3.8) is 0 Å². The summed E-state index contributed by atoms with van der Waals surface area (Å²) < 4.78 is 1.06. The van der Waals surface area contributed by atoms with Crippen LogP contribution in [0.2, 0.25) is 0 Å². The highest BCUT2D eigenvalue weighted by molar-refractivity contribution is 9.10. The van der Waals surface area contributed by atoms with Gasteiger partial charge in [0.25, 0.3) is 0 Å². The fraction of sp³-hybridized carbons (Fsp3) is 0.105. The van der Waals surface area contributed by atoms with Gasteiger partial charge in [-0.25, -0.2) is 0 Å². The number of hydrogen-bond donors (Lipinski definition) is 0. The molecule has 0 aliphatic heterocycles. The molecule has 2 heteroatoms. The van der Waals surface area contributed by atoms with Gasteiger partial charge in [0.15, 0.2) is 5.78 Å². The zero-order chi connectivity index (χ0) is 14.7. The number of hydrogen-bond acceptors (Lipinski definition) is 1. The van der Waals surface area contributed by atoms with Crippen molar-refractivity contribution in [1.29, 1.82) is 0 Å². The minimum atomic E-state index is 0.198. The summed E-state index contributed by atoms with van der Waals surface area (Å²) in [6.07, 6.45) is 1.32. The number of aryl methyl sites for hydroxylation is 1. The summed E-state index contributed by atoms with van der Waals surface area (Å²) in [5.41, 5.74) is 1.98. The van der Waals surface area contributed by atoms with E-state index in [1.165, 1.54) is 10.9 Å². The van der Waals surface area contributed by atoms with Crippen LogP contribution in [-0.2, 0) is 6.42 Å². The van der Waals surface area contributed by atoms with Crippen molar-refractivity contribution in [1.82, 2.24) is 0 Å². The van der Waals surface area contributed by atoms with Crippen LogP contribution in [0.3, 0.4) is 0 Å². The highest BCUT2D eigenvalue weighted by Crippen LogP contribution is 2.18. The Bertz CT molecular complexity index is 775. The minimum Gasteiger partial charge on any atom is -0.294 e. The first-order valence-corrected chi connectivity index (χ1v) is 7.78. The molecule has 0 radical (unpaired) electrons. The van der Waals surface area contributed by atoms with Crippen LogP contribution in [-0.4, -0.2) is 5.78 Å². The average Bonchev–Trinajstić information content (AvgIpc) is 2.53. The number of benzene rings is 3. The molecule has 0 aliphatic rings. The standard InChI is InChI=1S/C19H15BrO/c20-18-10-5-14(6-11-18)7-12-19(21)17-9-8-15-3-1-2-4-16(15)13-17/h1-6,8-11,13H,7,12H2. The summed E-state index contributed by atoms with van der Waals surface area (Å²) in [7, 11) is 0. The second-order valence-electron chi connectivity index (χ2n) is 5.11. The third-order valence-electron chi connectivity index (χ3n) is 3.63. The lowest BCUT2D eigenvalue weighted by atomic mass is 10.00. The highest BCUT2D eigenvalue weighted by atomic mass is 79.9. The van der Waals surface area contributed by atoms with Crippen LogP contribution in [0, 0.1) is 0 Å². The lowest BCUT2D eigenvalue weighted by Gasteiger charge is -2.04. The fourth-order valence-electron chi connectivity index (χ4n) is 2.42. The molecule has 0 atom stereocenters. The molecule has 0 saturated heterocycles. The summed E-state index contributed by atoms with van der Waals surface area (Å²) in [6, 6.07) is 22.2. The molecule has 0 unspecified atom stereocenters. The average molecular weight is 339 g/mol. The summed E-state index contributed by atoms with van der Waals surface area (Å²) >= 11 is 3.42. The molecule has 0 bridgehead atoms. The fourth-order valence-corrected chi connectivity index (χ4v) is 2.68. The Morgan fingerprint density at radius 1 is 0.857 bits per heavy atom. The van der Waals surface area contributed by atoms with Crippen molar-refractivity contribution in [2.45, 2.75) is 12.8 Å². The molecule has 3 aromatic rings. The summed E-state index contributed by atoms with van der Waals surface area (Å²) in [5.74, 6) is 0.198. The zero-order valence-electron chi connectivity index (χ0n) is 11.6. The Balaban J connectivity index is 1.73. The molecule has 0 fully saturated rings. The maximum absolute atomic E-state index is 12.3. The van der Waals surface area contributed by atoms with Crippen molar-refractivity contribution in [2.24, 2.45) is 0 Å². The zero-order valence-corrected chi connectivity index (χ0v) is 13.1. The van der Waals surface area contributed by atoms with Gasteiger partial charge >= 0.3 is 0 Å². The van der Waals surface area contributed by atoms with Crippen LogP contribution in [0.1, 0.15) is 22.3 Å². The van der Waals surface area contributed by atoms with Crippen molar-refractivity contribution in [3.05, 3.63) is 82.3 Å². The highest BCUT2D eigenvalue weighted by Gasteiger charge is 2.07. The number of carbonyl (C=O) groups is 1. The molecule has 3 aromatic carbocycles. The van der Waals surface area contributed by atoms with Crippen LogP contribution < -0.4 is 0 Å². The van der Waals surface area contributed by atoms with Crippen molar-refractivity contribution >= 4 is 32.5 Å². The van der Waals surface area contributed by atoms with E-state index in [-0.39, 0.29) is 5.78 Å². The number of carbonyl (C=O) groups excluding carboxylic acids is 1. The van der Waals surface area contributed by atoms with Crippen LogP contribution in [0.25, 0.3) is 10.8 Å². The molecule has 0 aliphatic carbocycles. The lowest BCUT2D eigenvalue weighted by molar-refractivity contribution is 0.0983. The first kappa shape index (κ1) is 14.0. The molecular formula is C19H15BrO. The summed E-state index contributed by atoms with van der Waals surface area (Å²) in [5, 5.41) is 2.29. The molecule has 21 heavy (non-hydrogen) atoms. The number of ketones is 1. The van der Waals surface area contributed by atoms with Gasteiger partial charge in [0.1, 0.15) is 0 Å². The van der Waals surface area contributed by atoms with E-state index < -0.39 is 0 Å². The van der Waals surface area contributed by atoms with E-state index in [2.05, 4.69) is 34.1 Å². The number of Topliss-reactive ketones (excluding diaryl/α,β-unsaturated/α-hetero) is 1. The minimum absolute atomic E-state index is 0.198. The summed E-state index contributed by atoms with van der Waals surface area (Å²) in [6.45, 7) is 0. The van der Waals surface area contributed by atoms with E-state index in [9.17, 15) is 4.79 Å². The predicted octanol–water partition coefficient (Wildman–Crippen LogP) is 5.42. The molecule has 0 amide bonds. The Morgan fingerprint density at radius 2 is 1.57 bits per heavy atom. The van der Waals surface area contributed by atoms with Gasteiger partial charge in [-0.3, -0.25) is 4.79 Å². The monoisotopic (exact) mass is 338 g/mol. The van der Waals surface area contributed by atoms with E-state index in [1.807, 2.05) is 48.5 Å². The molecule has 0 N–H and O–H groups in total. The Kier molecular flexibility index (Phi) is 4.16. The van der Waals surface area contributed by atoms with E-state index >= 15 is 0 Å². The maximum atomic E-state index is 12.3. The SMILES string of the molecule is O=C(CCc1ccc(Br)cc1)c1ccc2ccccc2c1.